The van der Waals surface area contributed by atoms with Crippen molar-refractivity contribution < 1.29 is 4.74 Å². The number of aryl methyl sites for hydroxylation is 2. The molecule has 4 heteroatoms. The number of nitrogen functional groups attached to an aromatic ring is 1. The van der Waals surface area contributed by atoms with Crippen molar-refractivity contribution in [2.45, 2.75) is 20.5 Å². The van der Waals surface area contributed by atoms with Crippen LogP contribution in [0.25, 0.3) is 0 Å². The molecule has 0 radical (unpaired) electrons. The highest BCUT2D eigenvalue weighted by atomic mass is 16.5. The lowest BCUT2D eigenvalue weighted by molar-refractivity contribution is 0.289. The number of ether oxygens (including phenoxy) is 1. The highest BCUT2D eigenvalue weighted by Gasteiger charge is 2.03. The summed E-state index contributed by atoms with van der Waals surface area (Å²) < 4.78 is 5.63. The van der Waals surface area contributed by atoms with Gasteiger partial charge in [0.1, 0.15) is 6.61 Å². The fourth-order valence-electron chi connectivity index (χ4n) is 1.42. The summed E-state index contributed by atoms with van der Waals surface area (Å²) in [5, 5.41) is 0. The number of aromatic nitrogens is 2. The molecular weight excluding hydrogens is 214 g/mol. The minimum absolute atomic E-state index is 0.471. The van der Waals surface area contributed by atoms with E-state index < -0.39 is 0 Å². The number of hydrogen-bond donors (Lipinski definition) is 1. The van der Waals surface area contributed by atoms with Gasteiger partial charge in [0.15, 0.2) is 0 Å². The van der Waals surface area contributed by atoms with Crippen molar-refractivity contribution in [1.82, 2.24) is 9.97 Å². The molecule has 0 aliphatic heterocycles. The van der Waals surface area contributed by atoms with Crippen LogP contribution in [-0.2, 0) is 6.61 Å². The van der Waals surface area contributed by atoms with Crippen LogP contribution < -0.4 is 10.5 Å². The molecule has 2 aromatic rings. The van der Waals surface area contributed by atoms with Gasteiger partial charge in [-0.3, -0.25) is 4.98 Å². The third-order valence-corrected chi connectivity index (χ3v) is 2.39. The van der Waals surface area contributed by atoms with Crippen LogP contribution in [0.3, 0.4) is 0 Å². The average molecular weight is 229 g/mol. The standard InChI is InChI=1S/C13H15N3O/c1-9-7-15-10(2)13(16-9)17-8-11-3-5-12(14)6-4-11/h3-7H,8,14H2,1-2H3. The normalized spacial score (nSPS) is 10.2. The van der Waals surface area contributed by atoms with Crippen LogP contribution in [0.5, 0.6) is 5.88 Å². The van der Waals surface area contributed by atoms with Crippen LogP contribution in [0, 0.1) is 13.8 Å². The predicted octanol–water partition coefficient (Wildman–Crippen LogP) is 2.25. The summed E-state index contributed by atoms with van der Waals surface area (Å²) in [6, 6.07) is 7.59. The number of nitrogens with two attached hydrogens (primary N) is 1. The second-order valence-electron chi connectivity index (χ2n) is 3.93. The van der Waals surface area contributed by atoms with Crippen LogP contribution in [0.2, 0.25) is 0 Å². The van der Waals surface area contributed by atoms with Crippen LogP contribution in [0.1, 0.15) is 17.0 Å². The fraction of sp³-hybridized carbons (Fsp3) is 0.231. The minimum Gasteiger partial charge on any atom is -0.472 e. The Balaban J connectivity index is 2.07. The van der Waals surface area contributed by atoms with Gasteiger partial charge >= 0.3 is 0 Å². The number of benzene rings is 1. The summed E-state index contributed by atoms with van der Waals surface area (Å²) in [6.45, 7) is 4.24. The molecule has 88 valence electrons. The van der Waals surface area contributed by atoms with Crippen molar-refractivity contribution in [3.63, 3.8) is 0 Å². The second-order valence-corrected chi connectivity index (χ2v) is 3.93. The van der Waals surface area contributed by atoms with E-state index in [9.17, 15) is 0 Å². The van der Waals surface area contributed by atoms with E-state index in [1.165, 1.54) is 0 Å². The Hall–Kier alpha value is -2.10. The van der Waals surface area contributed by atoms with Gasteiger partial charge in [-0.2, -0.15) is 0 Å². The summed E-state index contributed by atoms with van der Waals surface area (Å²) >= 11 is 0. The van der Waals surface area contributed by atoms with Gasteiger partial charge in [0.25, 0.3) is 0 Å². The maximum absolute atomic E-state index is 5.63. The van der Waals surface area contributed by atoms with E-state index in [1.807, 2.05) is 38.1 Å². The van der Waals surface area contributed by atoms with Gasteiger partial charge in [-0.1, -0.05) is 12.1 Å². The van der Waals surface area contributed by atoms with Gasteiger partial charge < -0.3 is 10.5 Å². The van der Waals surface area contributed by atoms with E-state index in [1.54, 1.807) is 6.20 Å². The summed E-state index contributed by atoms with van der Waals surface area (Å²) in [4.78, 5) is 8.49. The maximum Gasteiger partial charge on any atom is 0.235 e. The molecule has 0 spiro atoms. The van der Waals surface area contributed by atoms with Crippen molar-refractivity contribution in [2.24, 2.45) is 0 Å². The summed E-state index contributed by atoms with van der Waals surface area (Å²) in [6.07, 6.45) is 1.73. The SMILES string of the molecule is Cc1cnc(C)c(OCc2ccc(N)cc2)n1. The number of rotatable bonds is 3. The Morgan fingerprint density at radius 3 is 2.59 bits per heavy atom. The topological polar surface area (TPSA) is 61.0 Å². The lowest BCUT2D eigenvalue weighted by atomic mass is 10.2. The van der Waals surface area contributed by atoms with E-state index >= 15 is 0 Å². The number of hydrogen-bond acceptors (Lipinski definition) is 4. The van der Waals surface area contributed by atoms with Gasteiger partial charge in [0, 0.05) is 11.9 Å². The monoisotopic (exact) mass is 229 g/mol. The van der Waals surface area contributed by atoms with Gasteiger partial charge in [-0.25, -0.2) is 4.98 Å². The van der Waals surface area contributed by atoms with Crippen molar-refractivity contribution in [3.05, 3.63) is 47.4 Å². The molecule has 0 saturated carbocycles. The lowest BCUT2D eigenvalue weighted by Crippen LogP contribution is -2.01. The molecular formula is C13H15N3O. The number of anilines is 1. The summed E-state index contributed by atoms with van der Waals surface area (Å²) in [5.74, 6) is 0.585. The predicted molar refractivity (Wildman–Crippen MR) is 66.7 cm³/mol. The van der Waals surface area contributed by atoms with Gasteiger partial charge in [-0.15, -0.1) is 0 Å². The molecule has 1 aromatic heterocycles. The van der Waals surface area contributed by atoms with E-state index in [4.69, 9.17) is 10.5 Å². The zero-order chi connectivity index (χ0) is 12.3. The maximum atomic E-state index is 5.63. The molecule has 1 heterocycles. The van der Waals surface area contributed by atoms with Gasteiger partial charge in [0.05, 0.1) is 11.4 Å². The lowest BCUT2D eigenvalue weighted by Gasteiger charge is -2.08. The van der Waals surface area contributed by atoms with Crippen molar-refractivity contribution in [3.8, 4) is 5.88 Å². The Morgan fingerprint density at radius 2 is 1.88 bits per heavy atom. The zero-order valence-corrected chi connectivity index (χ0v) is 9.97. The fourth-order valence-corrected chi connectivity index (χ4v) is 1.42. The Kier molecular flexibility index (Phi) is 3.23. The van der Waals surface area contributed by atoms with E-state index in [2.05, 4.69) is 9.97 Å². The smallest absolute Gasteiger partial charge is 0.235 e. The summed E-state index contributed by atoms with van der Waals surface area (Å²) in [7, 11) is 0. The molecule has 0 amide bonds. The molecule has 17 heavy (non-hydrogen) atoms. The van der Waals surface area contributed by atoms with Crippen molar-refractivity contribution in [1.29, 1.82) is 0 Å². The first kappa shape index (κ1) is 11.4. The van der Waals surface area contributed by atoms with Crippen LogP contribution in [0.15, 0.2) is 30.5 Å². The van der Waals surface area contributed by atoms with Crippen LogP contribution in [0.4, 0.5) is 5.69 Å². The Bertz CT molecular complexity index is 509. The van der Waals surface area contributed by atoms with Crippen LogP contribution in [-0.4, -0.2) is 9.97 Å². The molecule has 0 saturated heterocycles. The first-order chi connectivity index (χ1) is 8.15. The largest absolute Gasteiger partial charge is 0.472 e. The minimum atomic E-state index is 0.471. The Labute approximate surface area is 100 Å². The highest BCUT2D eigenvalue weighted by molar-refractivity contribution is 5.39. The highest BCUT2D eigenvalue weighted by Crippen LogP contribution is 2.14. The molecule has 2 rings (SSSR count). The molecule has 0 fully saturated rings. The molecule has 0 aliphatic carbocycles. The van der Waals surface area contributed by atoms with E-state index in [0.29, 0.717) is 12.5 Å². The average Bonchev–Trinajstić information content (AvgIpc) is 2.32. The molecule has 0 bridgehead atoms. The van der Waals surface area contributed by atoms with Crippen molar-refractivity contribution >= 4 is 5.69 Å². The molecule has 0 atom stereocenters. The number of nitrogens with zero attached hydrogens (tertiary/aromatic N) is 2. The van der Waals surface area contributed by atoms with Gasteiger partial charge in [-0.05, 0) is 31.5 Å². The molecule has 0 aliphatic rings. The first-order valence-electron chi connectivity index (χ1n) is 5.42. The summed E-state index contributed by atoms with van der Waals surface area (Å²) in [5.41, 5.74) is 9.07. The molecule has 1 aromatic carbocycles. The molecule has 4 nitrogen and oxygen atoms in total. The van der Waals surface area contributed by atoms with E-state index in [-0.39, 0.29) is 0 Å². The van der Waals surface area contributed by atoms with Crippen LogP contribution >= 0.6 is 0 Å². The second kappa shape index (κ2) is 4.82. The first-order valence-corrected chi connectivity index (χ1v) is 5.42. The van der Waals surface area contributed by atoms with Crippen molar-refractivity contribution in [2.75, 3.05) is 5.73 Å². The van der Waals surface area contributed by atoms with Gasteiger partial charge in [0.2, 0.25) is 5.88 Å². The molecule has 0 unspecified atom stereocenters. The Morgan fingerprint density at radius 1 is 1.18 bits per heavy atom. The third kappa shape index (κ3) is 2.93. The van der Waals surface area contributed by atoms with E-state index in [0.717, 1.165) is 22.6 Å². The quantitative estimate of drug-likeness (QED) is 0.820. The molecule has 2 N–H and O–H groups in total. The zero-order valence-electron chi connectivity index (χ0n) is 9.97. The third-order valence-electron chi connectivity index (χ3n) is 2.39.